The Morgan fingerprint density at radius 1 is 1.23 bits per heavy atom. The maximum atomic E-state index is 14.7. The first kappa shape index (κ1) is 20.4. The fourth-order valence-corrected chi connectivity index (χ4v) is 4.50. The Balaban J connectivity index is 1.81. The van der Waals surface area contributed by atoms with Gasteiger partial charge < -0.3 is 10.1 Å². The maximum Gasteiger partial charge on any atom is 0.328 e. The zero-order chi connectivity index (χ0) is 21.5. The lowest BCUT2D eigenvalue weighted by molar-refractivity contribution is -0.131. The third-order valence-electron chi connectivity index (χ3n) is 5.75. The summed E-state index contributed by atoms with van der Waals surface area (Å²) in [5.74, 6) is -0.973. The predicted molar refractivity (Wildman–Crippen MR) is 118 cm³/mol. The summed E-state index contributed by atoms with van der Waals surface area (Å²) >= 11 is 0. The molecular weight excluding hydrogens is 379 g/mol. The van der Waals surface area contributed by atoms with E-state index in [4.69, 9.17) is 5.11 Å². The number of aromatic nitrogens is 1. The van der Waals surface area contributed by atoms with Crippen LogP contribution in [0.1, 0.15) is 49.2 Å². The van der Waals surface area contributed by atoms with Crippen molar-refractivity contribution in [1.82, 2.24) is 9.88 Å². The highest BCUT2D eigenvalue weighted by atomic mass is 19.1. The number of aromatic amines is 1. The molecular formula is C25H27FN2O2. The quantitative estimate of drug-likeness (QED) is 0.562. The fourth-order valence-electron chi connectivity index (χ4n) is 4.50. The van der Waals surface area contributed by atoms with Crippen LogP contribution in [0.25, 0.3) is 17.0 Å². The predicted octanol–water partition coefficient (Wildman–Crippen LogP) is 5.35. The SMILES string of the molecule is C[C@@H]1Cc2c([nH]c3ccccc23)[C@@H](c2ccc(C=CC(=O)O)cc2)N1CC(C)(C)F. The molecule has 0 fully saturated rings. The minimum absolute atomic E-state index is 0.0938. The Bertz CT molecular complexity index is 1090. The molecule has 0 spiro atoms. The molecule has 0 amide bonds. The number of carboxylic acid groups (broad SMARTS) is 1. The Morgan fingerprint density at radius 2 is 1.93 bits per heavy atom. The minimum Gasteiger partial charge on any atom is -0.478 e. The van der Waals surface area contributed by atoms with Crippen LogP contribution in [-0.4, -0.2) is 39.2 Å². The van der Waals surface area contributed by atoms with E-state index in [0.717, 1.165) is 34.8 Å². The summed E-state index contributed by atoms with van der Waals surface area (Å²) in [5.41, 5.74) is 4.07. The monoisotopic (exact) mass is 406 g/mol. The Hall–Kier alpha value is -2.92. The minimum atomic E-state index is -1.32. The number of hydrogen-bond acceptors (Lipinski definition) is 2. The first-order chi connectivity index (χ1) is 14.2. The van der Waals surface area contributed by atoms with Crippen LogP contribution in [0.5, 0.6) is 0 Å². The van der Waals surface area contributed by atoms with E-state index in [2.05, 4.69) is 35.0 Å². The average molecular weight is 407 g/mol. The van der Waals surface area contributed by atoms with Gasteiger partial charge in [0.1, 0.15) is 5.67 Å². The van der Waals surface area contributed by atoms with E-state index in [0.29, 0.717) is 6.54 Å². The summed E-state index contributed by atoms with van der Waals surface area (Å²) in [7, 11) is 0. The van der Waals surface area contributed by atoms with Gasteiger partial charge in [-0.3, -0.25) is 4.90 Å². The van der Waals surface area contributed by atoms with Crippen LogP contribution in [0.15, 0.2) is 54.6 Å². The Morgan fingerprint density at radius 3 is 2.60 bits per heavy atom. The Kier molecular flexibility index (Phi) is 5.24. The van der Waals surface area contributed by atoms with Crippen LogP contribution in [0.3, 0.4) is 0 Å². The number of hydrogen-bond donors (Lipinski definition) is 2. The van der Waals surface area contributed by atoms with Crippen LogP contribution >= 0.6 is 0 Å². The number of carboxylic acids is 1. The molecule has 1 aliphatic rings. The van der Waals surface area contributed by atoms with Crippen molar-refractivity contribution in [3.05, 3.63) is 77.0 Å². The van der Waals surface area contributed by atoms with E-state index < -0.39 is 11.6 Å². The van der Waals surface area contributed by atoms with E-state index in [9.17, 15) is 9.18 Å². The number of rotatable bonds is 5. The molecule has 2 atom stereocenters. The number of para-hydroxylation sites is 1. The number of nitrogens with one attached hydrogen (secondary N) is 1. The molecule has 0 aliphatic carbocycles. The van der Waals surface area contributed by atoms with E-state index in [1.807, 2.05) is 30.3 Å². The van der Waals surface area contributed by atoms with Crippen molar-refractivity contribution < 1.29 is 14.3 Å². The second-order valence-corrected chi connectivity index (χ2v) is 8.75. The largest absolute Gasteiger partial charge is 0.478 e. The lowest BCUT2D eigenvalue weighted by atomic mass is 9.87. The highest BCUT2D eigenvalue weighted by Crippen LogP contribution is 2.41. The molecule has 5 heteroatoms. The van der Waals surface area contributed by atoms with Gasteiger partial charge in [-0.1, -0.05) is 42.5 Å². The molecule has 4 rings (SSSR count). The number of carbonyl (C=O) groups is 1. The third-order valence-corrected chi connectivity index (χ3v) is 5.75. The molecule has 1 aliphatic heterocycles. The van der Waals surface area contributed by atoms with Crippen molar-refractivity contribution in [2.75, 3.05) is 6.54 Å². The number of fused-ring (bicyclic) bond motifs is 3. The van der Waals surface area contributed by atoms with Gasteiger partial charge in [-0.05, 0) is 56.0 Å². The number of aliphatic carboxylic acids is 1. The van der Waals surface area contributed by atoms with Crippen molar-refractivity contribution in [3.63, 3.8) is 0 Å². The molecule has 0 radical (unpaired) electrons. The van der Waals surface area contributed by atoms with Crippen molar-refractivity contribution in [3.8, 4) is 0 Å². The molecule has 3 aromatic rings. The van der Waals surface area contributed by atoms with Gasteiger partial charge in [0.05, 0.1) is 6.04 Å². The van der Waals surface area contributed by atoms with Crippen LogP contribution in [0, 0.1) is 0 Å². The zero-order valence-corrected chi connectivity index (χ0v) is 17.5. The first-order valence-corrected chi connectivity index (χ1v) is 10.3. The summed E-state index contributed by atoms with van der Waals surface area (Å²) in [5, 5.41) is 10.1. The molecule has 1 aromatic heterocycles. The summed E-state index contributed by atoms with van der Waals surface area (Å²) in [6.45, 7) is 5.73. The van der Waals surface area contributed by atoms with E-state index in [1.54, 1.807) is 19.9 Å². The zero-order valence-electron chi connectivity index (χ0n) is 17.5. The number of halogens is 1. The molecule has 0 bridgehead atoms. The maximum absolute atomic E-state index is 14.7. The summed E-state index contributed by atoms with van der Waals surface area (Å²) in [6, 6.07) is 16.2. The summed E-state index contributed by atoms with van der Waals surface area (Å²) in [6.07, 6.45) is 3.57. The fraction of sp³-hybridized carbons (Fsp3) is 0.320. The molecule has 2 aromatic carbocycles. The molecule has 2 N–H and O–H groups in total. The first-order valence-electron chi connectivity index (χ1n) is 10.3. The van der Waals surface area contributed by atoms with E-state index in [1.165, 1.54) is 10.9 Å². The number of alkyl halides is 1. The van der Waals surface area contributed by atoms with Gasteiger partial charge in [-0.2, -0.15) is 0 Å². The highest BCUT2D eigenvalue weighted by Gasteiger charge is 2.38. The normalized spacial score (nSPS) is 20.0. The molecule has 156 valence electrons. The summed E-state index contributed by atoms with van der Waals surface area (Å²) in [4.78, 5) is 16.6. The Labute approximate surface area is 176 Å². The van der Waals surface area contributed by atoms with Gasteiger partial charge in [0.2, 0.25) is 0 Å². The van der Waals surface area contributed by atoms with Crippen LogP contribution in [-0.2, 0) is 11.2 Å². The second-order valence-electron chi connectivity index (χ2n) is 8.75. The second kappa shape index (κ2) is 7.73. The third kappa shape index (κ3) is 4.03. The molecule has 0 saturated carbocycles. The van der Waals surface area contributed by atoms with Gasteiger partial charge in [-0.25, -0.2) is 9.18 Å². The molecule has 4 nitrogen and oxygen atoms in total. The number of benzene rings is 2. The number of nitrogens with zero attached hydrogens (tertiary/aromatic N) is 1. The van der Waals surface area contributed by atoms with Crippen molar-refractivity contribution in [2.24, 2.45) is 0 Å². The van der Waals surface area contributed by atoms with Crippen molar-refractivity contribution in [2.45, 2.75) is 44.9 Å². The van der Waals surface area contributed by atoms with Gasteiger partial charge in [0, 0.05) is 35.3 Å². The number of H-pyrrole nitrogens is 1. The van der Waals surface area contributed by atoms with E-state index in [-0.39, 0.29) is 12.1 Å². The molecule has 2 heterocycles. The van der Waals surface area contributed by atoms with Crippen molar-refractivity contribution in [1.29, 1.82) is 0 Å². The highest BCUT2D eigenvalue weighted by molar-refractivity contribution is 5.86. The van der Waals surface area contributed by atoms with Crippen LogP contribution < -0.4 is 0 Å². The molecule has 0 unspecified atom stereocenters. The standard InChI is InChI=1S/C25H27FN2O2/c1-16-14-20-19-6-4-5-7-21(19)27-23(20)24(28(16)15-25(2,3)26)18-11-8-17(9-12-18)10-13-22(29)30/h4-13,16,24,27H,14-15H2,1-3H3,(H,29,30)/t16-,24-/m1/s1. The van der Waals surface area contributed by atoms with Crippen LogP contribution in [0.4, 0.5) is 4.39 Å². The lowest BCUT2D eigenvalue weighted by Crippen LogP contribution is -2.47. The van der Waals surface area contributed by atoms with Crippen molar-refractivity contribution >= 4 is 22.9 Å². The topological polar surface area (TPSA) is 56.3 Å². The average Bonchev–Trinajstić information content (AvgIpc) is 3.04. The smallest absolute Gasteiger partial charge is 0.328 e. The molecule has 30 heavy (non-hydrogen) atoms. The lowest BCUT2D eigenvalue weighted by Gasteiger charge is -2.43. The summed E-state index contributed by atoms with van der Waals surface area (Å²) < 4.78 is 14.7. The van der Waals surface area contributed by atoms with Crippen LogP contribution in [0.2, 0.25) is 0 Å². The van der Waals surface area contributed by atoms with E-state index >= 15 is 0 Å². The van der Waals surface area contributed by atoms with Gasteiger partial charge in [0.15, 0.2) is 0 Å². The molecule has 0 saturated heterocycles. The van der Waals surface area contributed by atoms with Gasteiger partial charge in [-0.15, -0.1) is 0 Å². The van der Waals surface area contributed by atoms with Gasteiger partial charge >= 0.3 is 5.97 Å². The van der Waals surface area contributed by atoms with Gasteiger partial charge in [0.25, 0.3) is 0 Å².